The van der Waals surface area contributed by atoms with Gasteiger partial charge < -0.3 is 5.73 Å². The molecule has 0 aromatic carbocycles. The molecule has 2 fully saturated rings. The van der Waals surface area contributed by atoms with Gasteiger partial charge in [0, 0.05) is 18.6 Å². The van der Waals surface area contributed by atoms with E-state index >= 15 is 0 Å². The van der Waals surface area contributed by atoms with Crippen LogP contribution in [0.2, 0.25) is 0 Å². The third-order valence-electron chi connectivity index (χ3n) is 4.90. The number of rotatable bonds is 4. The lowest BCUT2D eigenvalue weighted by Crippen LogP contribution is -2.60. The van der Waals surface area contributed by atoms with Gasteiger partial charge in [-0.15, -0.1) is 0 Å². The van der Waals surface area contributed by atoms with Gasteiger partial charge in [0.05, 0.1) is 0 Å². The van der Waals surface area contributed by atoms with Crippen molar-refractivity contribution in [1.82, 2.24) is 4.90 Å². The Kier molecular flexibility index (Phi) is 3.91. The Bertz CT molecular complexity index is 215. The van der Waals surface area contributed by atoms with Gasteiger partial charge in [0.2, 0.25) is 0 Å². The highest BCUT2D eigenvalue weighted by Gasteiger charge is 2.44. The van der Waals surface area contributed by atoms with E-state index in [0.717, 1.165) is 18.4 Å². The van der Waals surface area contributed by atoms with Crippen LogP contribution in [0.5, 0.6) is 0 Å². The van der Waals surface area contributed by atoms with Gasteiger partial charge in [0.1, 0.15) is 0 Å². The van der Waals surface area contributed by atoms with Crippen LogP contribution in [-0.2, 0) is 0 Å². The number of hydrogen-bond acceptors (Lipinski definition) is 2. The average molecular weight is 224 g/mol. The first kappa shape index (κ1) is 12.4. The summed E-state index contributed by atoms with van der Waals surface area (Å²) in [6.07, 6.45) is 9.87. The third kappa shape index (κ3) is 2.43. The summed E-state index contributed by atoms with van der Waals surface area (Å²) < 4.78 is 0. The predicted octanol–water partition coefficient (Wildman–Crippen LogP) is 2.63. The molecule has 0 aromatic heterocycles. The van der Waals surface area contributed by atoms with Crippen molar-refractivity contribution in [2.75, 3.05) is 20.1 Å². The second-order valence-corrected chi connectivity index (χ2v) is 6.33. The highest BCUT2D eigenvalue weighted by Crippen LogP contribution is 2.41. The van der Waals surface area contributed by atoms with Crippen LogP contribution in [-0.4, -0.2) is 30.6 Å². The van der Waals surface area contributed by atoms with Gasteiger partial charge in [-0.25, -0.2) is 0 Å². The van der Waals surface area contributed by atoms with Crippen molar-refractivity contribution in [3.8, 4) is 0 Å². The second kappa shape index (κ2) is 5.05. The molecule has 0 atom stereocenters. The van der Waals surface area contributed by atoms with Gasteiger partial charge in [-0.05, 0) is 44.6 Å². The molecule has 0 saturated heterocycles. The maximum atomic E-state index is 6.00. The first-order chi connectivity index (χ1) is 7.66. The van der Waals surface area contributed by atoms with E-state index in [-0.39, 0.29) is 0 Å². The van der Waals surface area contributed by atoms with Gasteiger partial charge in [-0.2, -0.15) is 0 Å². The number of hydrogen-bond donors (Lipinski definition) is 1. The molecule has 2 N–H and O–H groups in total. The zero-order valence-electron chi connectivity index (χ0n) is 11.0. The Morgan fingerprint density at radius 2 is 1.81 bits per heavy atom. The highest BCUT2D eigenvalue weighted by molar-refractivity contribution is 5.01. The standard InChI is InChI=1S/C14H28N2/c1-12-8-14(9-12,11-15)16(2)10-13-6-4-3-5-7-13/h12-13H,3-11,15H2,1-2H3. The minimum atomic E-state index is 0.358. The van der Waals surface area contributed by atoms with Crippen LogP contribution >= 0.6 is 0 Å². The molecular formula is C14H28N2. The summed E-state index contributed by atoms with van der Waals surface area (Å²) in [6.45, 7) is 4.48. The average Bonchev–Trinajstić information content (AvgIpc) is 2.25. The Balaban J connectivity index is 1.83. The smallest absolute Gasteiger partial charge is 0.0333 e. The molecule has 2 rings (SSSR count). The molecule has 0 heterocycles. The zero-order chi connectivity index (χ0) is 11.6. The van der Waals surface area contributed by atoms with Crippen LogP contribution in [0, 0.1) is 11.8 Å². The van der Waals surface area contributed by atoms with Gasteiger partial charge >= 0.3 is 0 Å². The molecule has 2 aliphatic carbocycles. The van der Waals surface area contributed by atoms with E-state index in [1.165, 1.54) is 51.5 Å². The fourth-order valence-electron chi connectivity index (χ4n) is 3.82. The van der Waals surface area contributed by atoms with Crippen LogP contribution in [0.15, 0.2) is 0 Å². The molecule has 16 heavy (non-hydrogen) atoms. The molecule has 0 unspecified atom stereocenters. The van der Waals surface area contributed by atoms with Crippen LogP contribution < -0.4 is 5.73 Å². The lowest BCUT2D eigenvalue weighted by Gasteiger charge is -2.53. The molecule has 0 amide bonds. The van der Waals surface area contributed by atoms with Crippen LogP contribution in [0.4, 0.5) is 0 Å². The van der Waals surface area contributed by atoms with Crippen LogP contribution in [0.1, 0.15) is 51.9 Å². The Labute approximate surface area is 101 Å². The number of nitrogens with two attached hydrogens (primary N) is 1. The van der Waals surface area contributed by atoms with Crippen molar-refractivity contribution >= 4 is 0 Å². The van der Waals surface area contributed by atoms with Crippen molar-refractivity contribution in [3.63, 3.8) is 0 Å². The monoisotopic (exact) mass is 224 g/mol. The topological polar surface area (TPSA) is 29.3 Å². The second-order valence-electron chi connectivity index (χ2n) is 6.33. The van der Waals surface area contributed by atoms with E-state index in [1.807, 2.05) is 0 Å². The molecule has 2 saturated carbocycles. The lowest BCUT2D eigenvalue weighted by molar-refractivity contribution is -0.00673. The molecule has 0 aliphatic heterocycles. The molecular weight excluding hydrogens is 196 g/mol. The summed E-state index contributed by atoms with van der Waals surface area (Å²) in [5.41, 5.74) is 6.35. The van der Waals surface area contributed by atoms with Crippen molar-refractivity contribution in [2.45, 2.75) is 57.4 Å². The first-order valence-corrected chi connectivity index (χ1v) is 7.07. The zero-order valence-corrected chi connectivity index (χ0v) is 11.0. The fourth-order valence-corrected chi connectivity index (χ4v) is 3.82. The molecule has 2 nitrogen and oxygen atoms in total. The van der Waals surface area contributed by atoms with Gasteiger partial charge in [0.25, 0.3) is 0 Å². The van der Waals surface area contributed by atoms with E-state index in [1.54, 1.807) is 0 Å². The van der Waals surface area contributed by atoms with E-state index in [0.29, 0.717) is 5.54 Å². The summed E-state index contributed by atoms with van der Waals surface area (Å²) in [5.74, 6) is 1.83. The molecule has 0 aromatic rings. The largest absolute Gasteiger partial charge is 0.329 e. The van der Waals surface area contributed by atoms with Gasteiger partial charge in [-0.1, -0.05) is 26.2 Å². The Hall–Kier alpha value is -0.0800. The maximum absolute atomic E-state index is 6.00. The quantitative estimate of drug-likeness (QED) is 0.795. The summed E-state index contributed by atoms with van der Waals surface area (Å²) in [6, 6.07) is 0. The third-order valence-corrected chi connectivity index (χ3v) is 4.90. The van der Waals surface area contributed by atoms with Gasteiger partial charge in [0.15, 0.2) is 0 Å². The van der Waals surface area contributed by atoms with Crippen molar-refractivity contribution in [2.24, 2.45) is 17.6 Å². The molecule has 0 spiro atoms. The van der Waals surface area contributed by atoms with E-state index in [4.69, 9.17) is 5.73 Å². The van der Waals surface area contributed by atoms with Crippen molar-refractivity contribution in [1.29, 1.82) is 0 Å². The normalized spacial score (nSPS) is 36.4. The highest BCUT2D eigenvalue weighted by atomic mass is 15.2. The summed E-state index contributed by atoms with van der Waals surface area (Å²) in [4.78, 5) is 2.59. The molecule has 0 bridgehead atoms. The Morgan fingerprint density at radius 3 is 2.31 bits per heavy atom. The minimum Gasteiger partial charge on any atom is -0.329 e. The summed E-state index contributed by atoms with van der Waals surface area (Å²) in [7, 11) is 2.30. The molecule has 2 heteroatoms. The SMILES string of the molecule is CC1CC(CN)(N(C)CC2CCCCC2)C1. The minimum absolute atomic E-state index is 0.358. The van der Waals surface area contributed by atoms with Crippen molar-refractivity contribution < 1.29 is 0 Å². The van der Waals surface area contributed by atoms with E-state index in [2.05, 4.69) is 18.9 Å². The molecule has 2 aliphatic rings. The number of likely N-dealkylation sites (N-methyl/N-ethyl adjacent to an activating group) is 1. The fraction of sp³-hybridized carbons (Fsp3) is 1.00. The van der Waals surface area contributed by atoms with Crippen LogP contribution in [0.3, 0.4) is 0 Å². The van der Waals surface area contributed by atoms with Gasteiger partial charge in [-0.3, -0.25) is 4.90 Å². The van der Waals surface area contributed by atoms with E-state index < -0.39 is 0 Å². The summed E-state index contributed by atoms with van der Waals surface area (Å²) >= 11 is 0. The van der Waals surface area contributed by atoms with Crippen LogP contribution in [0.25, 0.3) is 0 Å². The maximum Gasteiger partial charge on any atom is 0.0333 e. The number of nitrogens with zero attached hydrogens (tertiary/aromatic N) is 1. The first-order valence-electron chi connectivity index (χ1n) is 7.07. The Morgan fingerprint density at radius 1 is 1.19 bits per heavy atom. The molecule has 0 radical (unpaired) electrons. The van der Waals surface area contributed by atoms with E-state index in [9.17, 15) is 0 Å². The lowest BCUT2D eigenvalue weighted by atomic mass is 9.68. The molecule has 94 valence electrons. The predicted molar refractivity (Wildman–Crippen MR) is 69.4 cm³/mol. The summed E-state index contributed by atoms with van der Waals surface area (Å²) in [5, 5.41) is 0. The van der Waals surface area contributed by atoms with Crippen molar-refractivity contribution in [3.05, 3.63) is 0 Å².